The third-order valence-electron chi connectivity index (χ3n) is 4.78. The molecule has 0 radical (unpaired) electrons. The second kappa shape index (κ2) is 10.7. The van der Waals surface area contributed by atoms with Gasteiger partial charge in [0.05, 0.1) is 17.0 Å². The van der Waals surface area contributed by atoms with Gasteiger partial charge in [0.15, 0.2) is 0 Å². The number of rotatable bonds is 7. The van der Waals surface area contributed by atoms with Gasteiger partial charge in [-0.2, -0.15) is 0 Å². The maximum Gasteiger partial charge on any atom is 0.253 e. The molecule has 0 aliphatic heterocycles. The minimum absolute atomic E-state index is 0.0992. The number of para-hydroxylation sites is 1. The standard InChI is InChI=1S/C22H25BrN2O2S/c23-17-8-6-7-16(13-17)14-28-15-21(26)25-20-12-5-4-11-19(20)22(27)24-18-9-2-1-3-10-18/h4-8,11-13,18H,1-3,9-10,14-15H2,(H,24,27)(H,25,26). The van der Waals surface area contributed by atoms with Crippen LogP contribution in [-0.2, 0) is 10.5 Å². The van der Waals surface area contributed by atoms with Crippen molar-refractivity contribution in [2.45, 2.75) is 43.9 Å². The number of hydrogen-bond acceptors (Lipinski definition) is 3. The Morgan fingerprint density at radius 2 is 1.82 bits per heavy atom. The average molecular weight is 461 g/mol. The summed E-state index contributed by atoms with van der Waals surface area (Å²) in [5.74, 6) is 0.893. The van der Waals surface area contributed by atoms with E-state index in [1.165, 1.54) is 24.8 Å². The second-order valence-electron chi connectivity index (χ2n) is 7.02. The van der Waals surface area contributed by atoms with Crippen molar-refractivity contribution in [2.75, 3.05) is 11.1 Å². The van der Waals surface area contributed by atoms with Gasteiger partial charge in [0.25, 0.3) is 5.91 Å². The first-order valence-corrected chi connectivity index (χ1v) is 11.6. The summed E-state index contributed by atoms with van der Waals surface area (Å²) >= 11 is 5.01. The molecule has 2 amide bonds. The first kappa shape index (κ1) is 20.9. The third-order valence-corrected chi connectivity index (χ3v) is 6.27. The topological polar surface area (TPSA) is 58.2 Å². The summed E-state index contributed by atoms with van der Waals surface area (Å²) in [6.07, 6.45) is 5.65. The molecule has 1 saturated carbocycles. The highest BCUT2D eigenvalue weighted by Crippen LogP contribution is 2.21. The lowest BCUT2D eigenvalue weighted by Crippen LogP contribution is -2.36. The van der Waals surface area contributed by atoms with Gasteiger partial charge in [0.1, 0.15) is 0 Å². The first-order chi connectivity index (χ1) is 13.6. The maximum atomic E-state index is 12.7. The number of carbonyl (C=O) groups is 2. The van der Waals surface area contributed by atoms with E-state index >= 15 is 0 Å². The molecule has 2 aromatic carbocycles. The van der Waals surface area contributed by atoms with Gasteiger partial charge in [-0.15, -0.1) is 11.8 Å². The van der Waals surface area contributed by atoms with Crippen LogP contribution in [0, 0.1) is 0 Å². The van der Waals surface area contributed by atoms with Gasteiger partial charge in [-0.1, -0.05) is 59.5 Å². The van der Waals surface area contributed by atoms with Crippen LogP contribution in [0.5, 0.6) is 0 Å². The lowest BCUT2D eigenvalue weighted by atomic mass is 9.95. The van der Waals surface area contributed by atoms with E-state index in [4.69, 9.17) is 0 Å². The number of carbonyl (C=O) groups excluding carboxylic acids is 2. The summed E-state index contributed by atoms with van der Waals surface area (Å²) in [6, 6.07) is 15.5. The molecule has 6 heteroatoms. The van der Waals surface area contributed by atoms with E-state index in [2.05, 4.69) is 32.6 Å². The van der Waals surface area contributed by atoms with E-state index in [0.717, 1.165) is 23.1 Å². The molecule has 1 fully saturated rings. The molecule has 1 aliphatic rings. The Kier molecular flexibility index (Phi) is 7.98. The van der Waals surface area contributed by atoms with E-state index in [1.807, 2.05) is 30.3 Å². The van der Waals surface area contributed by atoms with Gasteiger partial charge in [-0.3, -0.25) is 9.59 Å². The zero-order chi connectivity index (χ0) is 19.8. The molecular formula is C22H25BrN2O2S. The first-order valence-electron chi connectivity index (χ1n) is 9.64. The zero-order valence-corrected chi connectivity index (χ0v) is 18.2. The molecule has 0 heterocycles. The minimum Gasteiger partial charge on any atom is -0.349 e. The third kappa shape index (κ3) is 6.38. The van der Waals surface area contributed by atoms with E-state index in [0.29, 0.717) is 17.0 Å². The van der Waals surface area contributed by atoms with E-state index < -0.39 is 0 Å². The largest absolute Gasteiger partial charge is 0.349 e. The van der Waals surface area contributed by atoms with Gasteiger partial charge >= 0.3 is 0 Å². The summed E-state index contributed by atoms with van der Waals surface area (Å²) in [5, 5.41) is 6.02. The van der Waals surface area contributed by atoms with E-state index in [-0.39, 0.29) is 17.9 Å². The van der Waals surface area contributed by atoms with Crippen LogP contribution < -0.4 is 10.6 Å². The Hall–Kier alpha value is -1.79. The lowest BCUT2D eigenvalue weighted by molar-refractivity contribution is -0.113. The normalized spacial score (nSPS) is 14.5. The van der Waals surface area contributed by atoms with Crippen LogP contribution in [0.3, 0.4) is 0 Å². The molecule has 2 N–H and O–H groups in total. The number of hydrogen-bond donors (Lipinski definition) is 2. The van der Waals surface area contributed by atoms with Crippen LogP contribution in [0.2, 0.25) is 0 Å². The van der Waals surface area contributed by atoms with Crippen molar-refractivity contribution in [1.82, 2.24) is 5.32 Å². The molecule has 0 saturated heterocycles. The van der Waals surface area contributed by atoms with Crippen molar-refractivity contribution >= 4 is 45.2 Å². The molecule has 2 aromatic rings. The molecule has 1 aliphatic carbocycles. The van der Waals surface area contributed by atoms with Crippen molar-refractivity contribution in [3.8, 4) is 0 Å². The number of anilines is 1. The van der Waals surface area contributed by atoms with Gasteiger partial charge in [0.2, 0.25) is 5.91 Å². The summed E-state index contributed by atoms with van der Waals surface area (Å²) in [6.45, 7) is 0. The Balaban J connectivity index is 1.53. The lowest BCUT2D eigenvalue weighted by Gasteiger charge is -2.23. The van der Waals surface area contributed by atoms with Crippen LogP contribution >= 0.6 is 27.7 Å². The van der Waals surface area contributed by atoms with Crippen molar-refractivity contribution < 1.29 is 9.59 Å². The highest BCUT2D eigenvalue weighted by atomic mass is 79.9. The van der Waals surface area contributed by atoms with Crippen LogP contribution in [0.25, 0.3) is 0 Å². The van der Waals surface area contributed by atoms with E-state index in [1.54, 1.807) is 23.9 Å². The molecule has 0 spiro atoms. The molecular weight excluding hydrogens is 436 g/mol. The zero-order valence-electron chi connectivity index (χ0n) is 15.7. The minimum atomic E-state index is -0.107. The maximum absolute atomic E-state index is 12.7. The Morgan fingerprint density at radius 3 is 2.61 bits per heavy atom. The summed E-state index contributed by atoms with van der Waals surface area (Å²) in [7, 11) is 0. The number of thioether (sulfide) groups is 1. The van der Waals surface area contributed by atoms with Crippen molar-refractivity contribution in [3.63, 3.8) is 0 Å². The average Bonchev–Trinajstić information content (AvgIpc) is 2.69. The van der Waals surface area contributed by atoms with Crippen LogP contribution in [0.1, 0.15) is 48.0 Å². The molecule has 28 heavy (non-hydrogen) atoms. The van der Waals surface area contributed by atoms with Gasteiger partial charge < -0.3 is 10.6 Å². The van der Waals surface area contributed by atoms with Crippen LogP contribution in [0.4, 0.5) is 5.69 Å². The molecule has 4 nitrogen and oxygen atoms in total. The fourth-order valence-electron chi connectivity index (χ4n) is 3.37. The second-order valence-corrected chi connectivity index (χ2v) is 8.93. The monoisotopic (exact) mass is 460 g/mol. The van der Waals surface area contributed by atoms with Gasteiger partial charge in [-0.25, -0.2) is 0 Å². The molecule has 0 atom stereocenters. The molecule has 148 valence electrons. The Morgan fingerprint density at radius 1 is 1.04 bits per heavy atom. The Bertz CT molecular complexity index is 822. The molecule has 0 unspecified atom stereocenters. The number of nitrogens with one attached hydrogen (secondary N) is 2. The fourth-order valence-corrected chi connectivity index (χ4v) is 4.60. The Labute approximate surface area is 179 Å². The number of amides is 2. The quantitative estimate of drug-likeness (QED) is 0.582. The molecule has 0 bridgehead atoms. The van der Waals surface area contributed by atoms with Gasteiger partial charge in [-0.05, 0) is 42.7 Å². The van der Waals surface area contributed by atoms with E-state index in [9.17, 15) is 9.59 Å². The highest BCUT2D eigenvalue weighted by Gasteiger charge is 2.19. The predicted octanol–water partition coefficient (Wildman–Crippen LogP) is 5.38. The van der Waals surface area contributed by atoms with Crippen molar-refractivity contribution in [1.29, 1.82) is 0 Å². The summed E-state index contributed by atoms with van der Waals surface area (Å²) in [4.78, 5) is 25.0. The molecule has 0 aromatic heterocycles. The fraction of sp³-hybridized carbons (Fsp3) is 0.364. The predicted molar refractivity (Wildman–Crippen MR) is 120 cm³/mol. The number of halogens is 1. The number of benzene rings is 2. The molecule has 3 rings (SSSR count). The van der Waals surface area contributed by atoms with Crippen molar-refractivity contribution in [2.24, 2.45) is 0 Å². The SMILES string of the molecule is O=C(CSCc1cccc(Br)c1)Nc1ccccc1C(=O)NC1CCCCC1. The summed E-state index contributed by atoms with van der Waals surface area (Å²) in [5.41, 5.74) is 2.27. The van der Waals surface area contributed by atoms with Crippen LogP contribution in [-0.4, -0.2) is 23.6 Å². The highest BCUT2D eigenvalue weighted by molar-refractivity contribution is 9.10. The van der Waals surface area contributed by atoms with Gasteiger partial charge in [0, 0.05) is 16.3 Å². The van der Waals surface area contributed by atoms with Crippen LogP contribution in [0.15, 0.2) is 53.0 Å². The smallest absolute Gasteiger partial charge is 0.253 e. The van der Waals surface area contributed by atoms with Crippen molar-refractivity contribution in [3.05, 3.63) is 64.1 Å². The summed E-state index contributed by atoms with van der Waals surface area (Å²) < 4.78 is 1.04.